The monoisotopic (exact) mass is 390 g/mol. The topological polar surface area (TPSA) is 76.7 Å². The lowest BCUT2D eigenvalue weighted by atomic mass is 10.2. The Bertz CT molecular complexity index is 975. The van der Waals surface area contributed by atoms with E-state index in [1.165, 1.54) is 7.11 Å². The maximum Gasteiger partial charge on any atom is 0.265 e. The molecule has 0 aromatic heterocycles. The van der Waals surface area contributed by atoms with Crippen LogP contribution >= 0.6 is 0 Å². The number of carbonyl (C=O) groups is 2. The van der Waals surface area contributed by atoms with E-state index < -0.39 is 6.10 Å². The Morgan fingerprint density at radius 1 is 0.862 bits per heavy atom. The third kappa shape index (κ3) is 5.35. The molecule has 0 spiro atoms. The van der Waals surface area contributed by atoms with Crippen LogP contribution in [0.1, 0.15) is 17.3 Å². The lowest BCUT2D eigenvalue weighted by Gasteiger charge is -2.16. The zero-order valence-corrected chi connectivity index (χ0v) is 16.2. The molecule has 0 radical (unpaired) electrons. The van der Waals surface area contributed by atoms with Crippen LogP contribution in [0.4, 0.5) is 11.4 Å². The normalized spacial score (nSPS) is 11.2. The van der Waals surface area contributed by atoms with Crippen molar-refractivity contribution in [1.82, 2.24) is 0 Å². The lowest BCUT2D eigenvalue weighted by Crippen LogP contribution is -2.30. The number of hydrogen-bond donors (Lipinski definition) is 2. The number of nitrogens with one attached hydrogen (secondary N) is 2. The summed E-state index contributed by atoms with van der Waals surface area (Å²) in [6, 6.07) is 23.0. The molecular weight excluding hydrogens is 368 g/mol. The molecule has 0 unspecified atom stereocenters. The number of benzene rings is 3. The molecule has 148 valence electrons. The molecule has 6 heteroatoms. The van der Waals surface area contributed by atoms with Gasteiger partial charge >= 0.3 is 0 Å². The molecule has 3 aromatic rings. The van der Waals surface area contributed by atoms with Crippen molar-refractivity contribution in [3.8, 4) is 11.5 Å². The second-order valence-electron chi connectivity index (χ2n) is 6.30. The van der Waals surface area contributed by atoms with Crippen LogP contribution in [0.5, 0.6) is 11.5 Å². The molecule has 0 bridgehead atoms. The van der Waals surface area contributed by atoms with Crippen molar-refractivity contribution in [3.05, 3.63) is 84.4 Å². The van der Waals surface area contributed by atoms with Gasteiger partial charge in [0.2, 0.25) is 0 Å². The zero-order valence-electron chi connectivity index (χ0n) is 16.2. The molecule has 2 amide bonds. The fourth-order valence-electron chi connectivity index (χ4n) is 2.67. The van der Waals surface area contributed by atoms with Crippen LogP contribution in [0.2, 0.25) is 0 Å². The van der Waals surface area contributed by atoms with E-state index in [0.717, 1.165) is 0 Å². The lowest BCUT2D eigenvalue weighted by molar-refractivity contribution is -0.122. The highest BCUT2D eigenvalue weighted by Crippen LogP contribution is 2.28. The Labute approximate surface area is 169 Å². The van der Waals surface area contributed by atoms with E-state index >= 15 is 0 Å². The number of carbonyl (C=O) groups excluding carboxylic acids is 2. The van der Waals surface area contributed by atoms with Gasteiger partial charge in [-0.3, -0.25) is 9.59 Å². The molecule has 3 rings (SSSR count). The van der Waals surface area contributed by atoms with Crippen LogP contribution in [0.15, 0.2) is 78.9 Å². The Kier molecular flexibility index (Phi) is 6.47. The second kappa shape index (κ2) is 9.41. The quantitative estimate of drug-likeness (QED) is 0.629. The Balaban J connectivity index is 1.70. The smallest absolute Gasteiger partial charge is 0.265 e. The summed E-state index contributed by atoms with van der Waals surface area (Å²) in [5.41, 5.74) is 1.49. The maximum atomic E-state index is 12.5. The largest absolute Gasteiger partial charge is 0.495 e. The molecule has 3 aromatic carbocycles. The van der Waals surface area contributed by atoms with Gasteiger partial charge in [0.15, 0.2) is 6.10 Å². The van der Waals surface area contributed by atoms with E-state index in [1.54, 1.807) is 61.5 Å². The van der Waals surface area contributed by atoms with Gasteiger partial charge in [-0.1, -0.05) is 36.4 Å². The average molecular weight is 390 g/mol. The minimum absolute atomic E-state index is 0.270. The van der Waals surface area contributed by atoms with Gasteiger partial charge < -0.3 is 20.1 Å². The highest BCUT2D eigenvalue weighted by molar-refractivity contribution is 6.05. The van der Waals surface area contributed by atoms with Crippen molar-refractivity contribution >= 4 is 23.2 Å². The minimum atomic E-state index is -0.693. The van der Waals surface area contributed by atoms with E-state index in [0.29, 0.717) is 28.4 Å². The highest BCUT2D eigenvalue weighted by Gasteiger charge is 2.16. The van der Waals surface area contributed by atoms with E-state index in [9.17, 15) is 9.59 Å². The summed E-state index contributed by atoms with van der Waals surface area (Å²) in [7, 11) is 1.52. The van der Waals surface area contributed by atoms with Crippen LogP contribution < -0.4 is 20.1 Å². The van der Waals surface area contributed by atoms with Crippen molar-refractivity contribution in [2.24, 2.45) is 0 Å². The number of methoxy groups -OCH3 is 1. The summed E-state index contributed by atoms with van der Waals surface area (Å²) in [5.74, 6) is 0.522. The summed E-state index contributed by atoms with van der Waals surface area (Å²) in [4.78, 5) is 24.9. The van der Waals surface area contributed by atoms with Gasteiger partial charge in [0.05, 0.1) is 12.8 Å². The molecule has 0 aliphatic carbocycles. The maximum absolute atomic E-state index is 12.5. The van der Waals surface area contributed by atoms with E-state index in [-0.39, 0.29) is 11.8 Å². The van der Waals surface area contributed by atoms with Crippen molar-refractivity contribution in [1.29, 1.82) is 0 Å². The third-order valence-electron chi connectivity index (χ3n) is 4.18. The second-order valence-corrected chi connectivity index (χ2v) is 6.30. The Morgan fingerprint density at radius 3 is 2.17 bits per heavy atom. The first-order valence-corrected chi connectivity index (χ1v) is 9.14. The molecule has 0 saturated heterocycles. The molecule has 2 N–H and O–H groups in total. The number of hydrogen-bond acceptors (Lipinski definition) is 4. The van der Waals surface area contributed by atoms with E-state index in [2.05, 4.69) is 10.6 Å². The summed E-state index contributed by atoms with van der Waals surface area (Å²) in [6.07, 6.45) is -0.693. The van der Waals surface area contributed by atoms with E-state index in [1.807, 2.05) is 24.3 Å². The first kappa shape index (κ1) is 19.9. The number of rotatable bonds is 7. The molecule has 6 nitrogen and oxygen atoms in total. The fourth-order valence-corrected chi connectivity index (χ4v) is 2.67. The first-order valence-electron chi connectivity index (χ1n) is 9.14. The predicted molar refractivity (Wildman–Crippen MR) is 113 cm³/mol. The molecule has 1 atom stereocenters. The van der Waals surface area contributed by atoms with E-state index in [4.69, 9.17) is 9.47 Å². The molecular formula is C23H22N2O4. The molecule has 0 saturated carbocycles. The van der Waals surface area contributed by atoms with Gasteiger partial charge in [-0.2, -0.15) is 0 Å². The average Bonchev–Trinajstić information content (AvgIpc) is 2.75. The predicted octanol–water partition coefficient (Wildman–Crippen LogP) is 4.35. The number of anilines is 2. The summed E-state index contributed by atoms with van der Waals surface area (Å²) in [5, 5.41) is 5.61. The van der Waals surface area contributed by atoms with Crippen LogP contribution in [0.25, 0.3) is 0 Å². The standard InChI is InChI=1S/C23H22N2O4/c1-16(29-19-11-7-4-8-12-19)22(26)24-18-13-14-21(28-2)20(15-18)25-23(27)17-9-5-3-6-10-17/h3-16H,1-2H3,(H,24,26)(H,25,27)/t16-/m0/s1. The molecule has 0 aliphatic rings. The fraction of sp³-hybridized carbons (Fsp3) is 0.130. The van der Waals surface area contributed by atoms with Gasteiger partial charge in [0.1, 0.15) is 11.5 Å². The molecule has 0 fully saturated rings. The van der Waals surface area contributed by atoms with Crippen LogP contribution in [-0.2, 0) is 4.79 Å². The van der Waals surface area contributed by atoms with Crippen molar-refractivity contribution in [2.75, 3.05) is 17.7 Å². The molecule has 29 heavy (non-hydrogen) atoms. The van der Waals surface area contributed by atoms with Crippen molar-refractivity contribution in [2.45, 2.75) is 13.0 Å². The Hall–Kier alpha value is -3.80. The highest BCUT2D eigenvalue weighted by atomic mass is 16.5. The first-order chi connectivity index (χ1) is 14.1. The minimum Gasteiger partial charge on any atom is -0.495 e. The van der Waals surface area contributed by atoms with Crippen molar-refractivity contribution < 1.29 is 19.1 Å². The number of para-hydroxylation sites is 1. The van der Waals surface area contributed by atoms with Gasteiger partial charge in [-0.15, -0.1) is 0 Å². The SMILES string of the molecule is COc1ccc(NC(=O)[C@H](C)Oc2ccccc2)cc1NC(=O)c1ccccc1. The number of ether oxygens (including phenoxy) is 2. The third-order valence-corrected chi connectivity index (χ3v) is 4.18. The van der Waals surface area contributed by atoms with Gasteiger partial charge in [-0.25, -0.2) is 0 Å². The van der Waals surface area contributed by atoms with Gasteiger partial charge in [0, 0.05) is 11.3 Å². The van der Waals surface area contributed by atoms with Gasteiger partial charge in [0.25, 0.3) is 11.8 Å². The van der Waals surface area contributed by atoms with Crippen LogP contribution in [-0.4, -0.2) is 25.0 Å². The summed E-state index contributed by atoms with van der Waals surface area (Å²) < 4.78 is 11.0. The molecule has 0 heterocycles. The van der Waals surface area contributed by atoms with Crippen LogP contribution in [0.3, 0.4) is 0 Å². The number of amides is 2. The summed E-state index contributed by atoms with van der Waals surface area (Å²) in [6.45, 7) is 1.67. The van der Waals surface area contributed by atoms with Crippen LogP contribution in [0, 0.1) is 0 Å². The van der Waals surface area contributed by atoms with Crippen molar-refractivity contribution in [3.63, 3.8) is 0 Å². The zero-order chi connectivity index (χ0) is 20.6. The van der Waals surface area contributed by atoms with Gasteiger partial charge in [-0.05, 0) is 49.4 Å². The molecule has 0 aliphatic heterocycles. The summed E-state index contributed by atoms with van der Waals surface area (Å²) >= 11 is 0. The Morgan fingerprint density at radius 2 is 1.52 bits per heavy atom.